The van der Waals surface area contributed by atoms with Crippen LogP contribution in [0.3, 0.4) is 0 Å². The Kier molecular flexibility index (Phi) is 5.65. The fourth-order valence-corrected chi connectivity index (χ4v) is 4.85. The van der Waals surface area contributed by atoms with Gasteiger partial charge in [0.05, 0.1) is 5.56 Å². The van der Waals surface area contributed by atoms with Crippen molar-refractivity contribution in [3.63, 3.8) is 0 Å². The van der Waals surface area contributed by atoms with Gasteiger partial charge >= 0.3 is 5.97 Å². The highest BCUT2D eigenvalue weighted by Gasteiger charge is 2.31. The van der Waals surface area contributed by atoms with E-state index in [1.165, 1.54) is 16.2 Å². The third kappa shape index (κ3) is 4.63. The maximum absolute atomic E-state index is 12.7. The number of carbonyl (C=O) groups is 3. The first kappa shape index (κ1) is 18.9. The molecule has 7 heteroatoms. The minimum absolute atomic E-state index is 0.0408. The van der Waals surface area contributed by atoms with Crippen LogP contribution in [-0.4, -0.2) is 28.9 Å². The largest absolute Gasteiger partial charge is 0.481 e. The quantitative estimate of drug-likeness (QED) is 0.679. The molecule has 0 radical (unpaired) electrons. The second kappa shape index (κ2) is 7.78. The van der Waals surface area contributed by atoms with Crippen molar-refractivity contribution in [2.24, 2.45) is 11.8 Å². The van der Waals surface area contributed by atoms with Crippen molar-refractivity contribution >= 4 is 34.1 Å². The van der Waals surface area contributed by atoms with E-state index in [0.717, 1.165) is 37.7 Å². The second-order valence-electron chi connectivity index (χ2n) is 7.76. The zero-order valence-corrected chi connectivity index (χ0v) is 16.1. The molecular weight excluding hydrogens is 352 g/mol. The predicted octanol–water partition coefficient (Wildman–Crippen LogP) is 3.20. The number of aliphatic carboxylic acids is 1. The Morgan fingerprint density at radius 3 is 2.62 bits per heavy atom. The minimum Gasteiger partial charge on any atom is -0.481 e. The van der Waals surface area contributed by atoms with Crippen LogP contribution in [0.2, 0.25) is 0 Å². The molecule has 1 aromatic rings. The molecule has 1 saturated carbocycles. The van der Waals surface area contributed by atoms with E-state index in [2.05, 4.69) is 17.6 Å². The van der Waals surface area contributed by atoms with Gasteiger partial charge in [-0.2, -0.15) is 0 Å². The number of thiophene rings is 1. The molecule has 0 saturated heterocycles. The van der Waals surface area contributed by atoms with Crippen LogP contribution in [0, 0.1) is 11.8 Å². The Morgan fingerprint density at radius 1 is 1.23 bits per heavy atom. The Morgan fingerprint density at radius 2 is 1.96 bits per heavy atom. The Balaban J connectivity index is 1.77. The number of carboxylic acids is 1. The SMILES string of the molecule is CC(CC(=O)O)CC(=O)Nc1sc2c(c1C(=O)NC1CC1)CCC(C)C2. The van der Waals surface area contributed by atoms with Crippen LogP contribution in [0.5, 0.6) is 0 Å². The van der Waals surface area contributed by atoms with E-state index in [4.69, 9.17) is 5.11 Å². The first-order valence-electron chi connectivity index (χ1n) is 9.30. The van der Waals surface area contributed by atoms with Gasteiger partial charge < -0.3 is 15.7 Å². The van der Waals surface area contributed by atoms with Gasteiger partial charge in [-0.3, -0.25) is 14.4 Å². The lowest BCUT2D eigenvalue weighted by molar-refractivity contribution is -0.138. The van der Waals surface area contributed by atoms with E-state index in [9.17, 15) is 14.4 Å². The molecule has 1 fully saturated rings. The van der Waals surface area contributed by atoms with Gasteiger partial charge in [0.15, 0.2) is 0 Å². The van der Waals surface area contributed by atoms with Crippen LogP contribution in [0.15, 0.2) is 0 Å². The molecule has 0 bridgehead atoms. The van der Waals surface area contributed by atoms with E-state index in [0.29, 0.717) is 16.5 Å². The summed E-state index contributed by atoms with van der Waals surface area (Å²) in [5.74, 6) is -0.889. The van der Waals surface area contributed by atoms with Gasteiger partial charge in [0, 0.05) is 23.8 Å². The molecule has 2 aliphatic rings. The van der Waals surface area contributed by atoms with Crippen molar-refractivity contribution in [2.45, 2.75) is 64.8 Å². The van der Waals surface area contributed by atoms with Crippen molar-refractivity contribution < 1.29 is 19.5 Å². The van der Waals surface area contributed by atoms with Crippen molar-refractivity contribution in [3.05, 3.63) is 16.0 Å². The molecule has 2 atom stereocenters. The van der Waals surface area contributed by atoms with Gasteiger partial charge in [-0.15, -0.1) is 11.3 Å². The van der Waals surface area contributed by atoms with Crippen LogP contribution in [-0.2, 0) is 22.4 Å². The van der Waals surface area contributed by atoms with E-state index < -0.39 is 5.97 Å². The van der Waals surface area contributed by atoms with Crippen LogP contribution < -0.4 is 10.6 Å². The third-order valence-electron chi connectivity index (χ3n) is 4.96. The summed E-state index contributed by atoms with van der Waals surface area (Å²) in [6.45, 7) is 3.95. The summed E-state index contributed by atoms with van der Waals surface area (Å²) in [5.41, 5.74) is 1.71. The molecule has 26 heavy (non-hydrogen) atoms. The highest BCUT2D eigenvalue weighted by molar-refractivity contribution is 7.17. The number of rotatable bonds is 7. The molecule has 1 heterocycles. The Hall–Kier alpha value is -1.89. The Labute approximate surface area is 157 Å². The van der Waals surface area contributed by atoms with Crippen molar-refractivity contribution in [1.29, 1.82) is 0 Å². The average Bonchev–Trinajstić information content (AvgIpc) is 3.25. The maximum atomic E-state index is 12.7. The first-order chi connectivity index (χ1) is 12.3. The zero-order valence-electron chi connectivity index (χ0n) is 15.3. The van der Waals surface area contributed by atoms with Gasteiger partial charge in [0.2, 0.25) is 5.91 Å². The van der Waals surface area contributed by atoms with Gasteiger partial charge in [-0.25, -0.2) is 0 Å². The van der Waals surface area contributed by atoms with Gasteiger partial charge in [-0.1, -0.05) is 13.8 Å². The van der Waals surface area contributed by atoms with Gasteiger partial charge in [0.25, 0.3) is 5.91 Å². The number of amides is 2. The summed E-state index contributed by atoms with van der Waals surface area (Å²) < 4.78 is 0. The van der Waals surface area contributed by atoms with Crippen LogP contribution in [0.4, 0.5) is 5.00 Å². The second-order valence-corrected chi connectivity index (χ2v) is 8.86. The summed E-state index contributed by atoms with van der Waals surface area (Å²) in [6, 6.07) is 0.264. The molecule has 2 aliphatic carbocycles. The molecule has 3 N–H and O–H groups in total. The summed E-state index contributed by atoms with van der Waals surface area (Å²) in [7, 11) is 0. The van der Waals surface area contributed by atoms with Crippen molar-refractivity contribution in [3.8, 4) is 0 Å². The molecule has 0 spiro atoms. The molecule has 1 aromatic heterocycles. The maximum Gasteiger partial charge on any atom is 0.303 e. The number of hydrogen-bond donors (Lipinski definition) is 3. The van der Waals surface area contributed by atoms with Gasteiger partial charge in [-0.05, 0) is 49.5 Å². The number of nitrogens with one attached hydrogen (secondary N) is 2. The van der Waals surface area contributed by atoms with Crippen LogP contribution >= 0.6 is 11.3 Å². The lowest BCUT2D eigenvalue weighted by Gasteiger charge is -2.18. The molecule has 142 valence electrons. The number of fused-ring (bicyclic) bond motifs is 1. The predicted molar refractivity (Wildman–Crippen MR) is 101 cm³/mol. The monoisotopic (exact) mass is 378 g/mol. The highest BCUT2D eigenvalue weighted by Crippen LogP contribution is 2.40. The molecular formula is C19H26N2O4S. The molecule has 6 nitrogen and oxygen atoms in total. The lowest BCUT2D eigenvalue weighted by Crippen LogP contribution is -2.28. The van der Waals surface area contributed by atoms with E-state index >= 15 is 0 Å². The molecule has 2 unspecified atom stereocenters. The molecule has 0 aliphatic heterocycles. The highest BCUT2D eigenvalue weighted by atomic mass is 32.1. The van der Waals surface area contributed by atoms with Crippen LogP contribution in [0.25, 0.3) is 0 Å². The summed E-state index contributed by atoms with van der Waals surface area (Å²) >= 11 is 1.50. The molecule has 2 amide bonds. The summed E-state index contributed by atoms with van der Waals surface area (Å²) in [5, 5.41) is 15.4. The normalized spacial score (nSPS) is 20.2. The summed E-state index contributed by atoms with van der Waals surface area (Å²) in [4.78, 5) is 37.1. The third-order valence-corrected chi connectivity index (χ3v) is 6.13. The fourth-order valence-electron chi connectivity index (χ4n) is 3.43. The number of carboxylic acid groups (broad SMARTS) is 1. The van der Waals surface area contributed by atoms with Crippen LogP contribution in [0.1, 0.15) is 66.8 Å². The smallest absolute Gasteiger partial charge is 0.303 e. The molecule has 0 aromatic carbocycles. The number of carbonyl (C=O) groups excluding carboxylic acids is 2. The first-order valence-corrected chi connectivity index (χ1v) is 10.1. The van der Waals surface area contributed by atoms with E-state index in [1.54, 1.807) is 6.92 Å². The average molecular weight is 378 g/mol. The topological polar surface area (TPSA) is 95.5 Å². The summed E-state index contributed by atoms with van der Waals surface area (Å²) in [6.07, 6.45) is 4.99. The standard InChI is InChI=1S/C19H26N2O4S/c1-10-3-6-13-14(7-10)26-19(17(13)18(25)20-12-4-5-12)21-15(22)8-11(2)9-16(23)24/h10-12H,3-9H2,1-2H3,(H,20,25)(H,21,22)(H,23,24). The van der Waals surface area contributed by atoms with E-state index in [1.807, 2.05) is 0 Å². The number of hydrogen-bond acceptors (Lipinski definition) is 4. The lowest BCUT2D eigenvalue weighted by atomic mass is 9.88. The Bertz CT molecular complexity index is 723. The van der Waals surface area contributed by atoms with Crippen molar-refractivity contribution in [2.75, 3.05) is 5.32 Å². The number of anilines is 1. The minimum atomic E-state index is -0.907. The fraction of sp³-hybridized carbons (Fsp3) is 0.632. The van der Waals surface area contributed by atoms with Gasteiger partial charge in [0.1, 0.15) is 5.00 Å². The van der Waals surface area contributed by atoms with E-state index in [-0.39, 0.29) is 36.6 Å². The molecule has 3 rings (SSSR count). The zero-order chi connectivity index (χ0) is 18.8. The van der Waals surface area contributed by atoms with Crippen molar-refractivity contribution in [1.82, 2.24) is 5.32 Å².